The average molecular weight is 718 g/mol. The lowest BCUT2D eigenvalue weighted by molar-refractivity contribution is -0.118. The summed E-state index contributed by atoms with van der Waals surface area (Å²) in [6.45, 7) is 3.43. The highest BCUT2D eigenvalue weighted by atomic mass is 32.7. The highest BCUT2D eigenvalue weighted by molar-refractivity contribution is 8.25. The second-order valence-electron chi connectivity index (χ2n) is 11.9. The van der Waals surface area contributed by atoms with Gasteiger partial charge >= 0.3 is 7.23 Å². The van der Waals surface area contributed by atoms with Crippen molar-refractivity contribution in [1.29, 1.82) is 0 Å². The third-order valence-corrected chi connectivity index (χ3v) is 9.25. The van der Waals surface area contributed by atoms with Gasteiger partial charge in [-0.25, -0.2) is 4.98 Å². The smallest absolute Gasteiger partial charge is 0.372 e. The van der Waals surface area contributed by atoms with E-state index in [0.717, 1.165) is 16.7 Å². The van der Waals surface area contributed by atoms with Crippen LogP contribution in [0.5, 0.6) is 11.5 Å². The highest BCUT2D eigenvalue weighted by Gasteiger charge is 2.45. The Labute approximate surface area is 294 Å². The van der Waals surface area contributed by atoms with Crippen LogP contribution in [0, 0.1) is 5.92 Å². The van der Waals surface area contributed by atoms with E-state index in [0.29, 0.717) is 11.5 Å². The minimum Gasteiger partial charge on any atom is -0.497 e. The van der Waals surface area contributed by atoms with E-state index in [1.807, 2.05) is 78.9 Å². The fraction of sp³-hybridized carbons (Fsp3) is 0.314. The molecule has 0 aliphatic carbocycles. The predicted octanol–water partition coefficient (Wildman–Crippen LogP) is 5.62. The third kappa shape index (κ3) is 7.16. The molecule has 13 nitrogen and oxygen atoms in total. The molecule has 0 radical (unpaired) electrons. The van der Waals surface area contributed by atoms with Crippen LogP contribution in [0.15, 0.2) is 90.0 Å². The van der Waals surface area contributed by atoms with Crippen molar-refractivity contribution in [2.75, 3.05) is 26.1 Å². The minimum atomic E-state index is -2.43. The van der Waals surface area contributed by atoms with Crippen molar-refractivity contribution in [3.63, 3.8) is 0 Å². The number of benzene rings is 3. The summed E-state index contributed by atoms with van der Waals surface area (Å²) in [6, 6.07) is 25.0. The molecule has 1 aliphatic heterocycles. The second kappa shape index (κ2) is 15.1. The summed E-state index contributed by atoms with van der Waals surface area (Å²) in [5, 5.41) is 2.62. The summed E-state index contributed by atoms with van der Waals surface area (Å²) in [6.07, 6.45) is -0.632. The van der Waals surface area contributed by atoms with E-state index in [2.05, 4.69) is 20.3 Å². The fourth-order valence-electron chi connectivity index (χ4n) is 5.98. The van der Waals surface area contributed by atoms with Crippen LogP contribution < -0.4 is 20.3 Å². The molecule has 0 bridgehead atoms. The number of ether oxygens (including phenoxy) is 4. The molecule has 3 aromatic carbocycles. The Bertz CT molecular complexity index is 1970. The largest absolute Gasteiger partial charge is 0.497 e. The molecule has 1 saturated heterocycles. The van der Waals surface area contributed by atoms with E-state index in [-0.39, 0.29) is 42.0 Å². The molecule has 50 heavy (non-hydrogen) atoms. The van der Waals surface area contributed by atoms with E-state index in [4.69, 9.17) is 35.7 Å². The molecular weight excluding hydrogens is 681 g/mol. The van der Waals surface area contributed by atoms with Gasteiger partial charge in [-0.3, -0.25) is 24.5 Å². The standard InChI is InChI=1S/C35H36N5O8PS/c1-21(2)32(41)38-34-37-31-30(33(42)39-34)36-20-40(31)29-18-27(48-49(43)50)28(47-29)19-46-35(22-8-6-5-7-9-22,23-10-14-25(44-3)15-11-23)24-12-16-26(45-4)17-13-24/h5-17,20-21,27-29H,18-19H2,1-4H3,(H2,37,38,39,41,42)/t27-,28+,29+/m0/s1. The maximum absolute atomic E-state index is 12.9. The molecule has 260 valence electrons. The highest BCUT2D eigenvalue weighted by Crippen LogP contribution is 2.44. The first-order chi connectivity index (χ1) is 24.1. The van der Waals surface area contributed by atoms with E-state index in [9.17, 15) is 14.2 Å². The SMILES string of the molecule is COc1ccc(C(OC[C@H]2O[C@@H](n3cnc4c(=O)[nH]c(NC(=O)C(C)C)nc43)C[C@@H]2O[P+](=O)[S-])(c2ccccc2)c2ccc(OC)cc2)cc1. The lowest BCUT2D eigenvalue weighted by Gasteiger charge is -2.37. The summed E-state index contributed by atoms with van der Waals surface area (Å²) < 4.78 is 44.1. The summed E-state index contributed by atoms with van der Waals surface area (Å²) in [5.41, 5.74) is 1.05. The average Bonchev–Trinajstić information content (AvgIpc) is 3.73. The number of carbonyl (C=O) groups excluding carboxylic acids is 1. The fourth-order valence-corrected chi connectivity index (χ4v) is 6.76. The predicted molar refractivity (Wildman–Crippen MR) is 188 cm³/mol. The maximum Gasteiger partial charge on any atom is 0.372 e. The lowest BCUT2D eigenvalue weighted by Crippen LogP contribution is -2.38. The van der Waals surface area contributed by atoms with Gasteiger partial charge in [-0.2, -0.15) is 9.51 Å². The van der Waals surface area contributed by atoms with E-state index < -0.39 is 36.8 Å². The molecule has 3 heterocycles. The number of hydrogen-bond donors (Lipinski definition) is 2. The number of methoxy groups -OCH3 is 2. The summed E-state index contributed by atoms with van der Waals surface area (Å²) in [4.78, 5) is 36.5. The van der Waals surface area contributed by atoms with Gasteiger partial charge in [0.25, 0.3) is 5.56 Å². The Hall–Kier alpha value is -4.59. The monoisotopic (exact) mass is 717 g/mol. The quantitative estimate of drug-likeness (QED) is 0.0886. The van der Waals surface area contributed by atoms with Crippen LogP contribution in [0.1, 0.15) is 43.2 Å². The molecular formula is C35H36N5O8PS. The summed E-state index contributed by atoms with van der Waals surface area (Å²) in [5.74, 6) is 0.696. The number of anilines is 1. The van der Waals surface area contributed by atoms with Crippen molar-refractivity contribution < 1.29 is 32.8 Å². The second-order valence-corrected chi connectivity index (χ2v) is 13.5. The number of hydrogen-bond acceptors (Lipinski definition) is 11. The summed E-state index contributed by atoms with van der Waals surface area (Å²) in [7, 11) is 0.782. The van der Waals surface area contributed by atoms with Gasteiger partial charge in [-0.05, 0) is 41.0 Å². The molecule has 1 unspecified atom stereocenters. The van der Waals surface area contributed by atoms with Crippen LogP contribution >= 0.6 is 7.23 Å². The van der Waals surface area contributed by atoms with Crippen molar-refractivity contribution >= 4 is 42.5 Å². The zero-order valence-electron chi connectivity index (χ0n) is 27.8. The molecule has 2 N–H and O–H groups in total. The molecule has 4 atom stereocenters. The van der Waals surface area contributed by atoms with Crippen molar-refractivity contribution in [1.82, 2.24) is 19.5 Å². The molecule has 2 aromatic heterocycles. The Kier molecular flexibility index (Phi) is 10.7. The number of carbonyl (C=O) groups is 1. The number of nitrogens with one attached hydrogen (secondary N) is 2. The normalized spacial score (nSPS) is 18.0. The molecule has 1 fully saturated rings. The topological polar surface area (TPSA) is 156 Å². The number of fused-ring (bicyclic) bond motifs is 1. The molecule has 0 spiro atoms. The molecule has 5 aromatic rings. The zero-order chi connectivity index (χ0) is 35.4. The van der Waals surface area contributed by atoms with Gasteiger partial charge in [0.1, 0.15) is 35.5 Å². The van der Waals surface area contributed by atoms with Gasteiger partial charge in [0.2, 0.25) is 11.9 Å². The van der Waals surface area contributed by atoms with Crippen LogP contribution in [0.3, 0.4) is 0 Å². The van der Waals surface area contributed by atoms with Crippen LogP contribution in [0.25, 0.3) is 11.2 Å². The zero-order valence-corrected chi connectivity index (χ0v) is 29.5. The molecule has 1 aliphatic rings. The first-order valence-electron chi connectivity index (χ1n) is 15.9. The lowest BCUT2D eigenvalue weighted by atomic mass is 9.80. The molecule has 0 saturated carbocycles. The molecule has 6 rings (SSSR count). The van der Waals surface area contributed by atoms with Crippen molar-refractivity contribution in [3.8, 4) is 11.5 Å². The van der Waals surface area contributed by atoms with Crippen molar-refractivity contribution in [3.05, 3.63) is 112 Å². The Morgan fingerprint density at radius 1 is 1.02 bits per heavy atom. The van der Waals surface area contributed by atoms with Crippen LogP contribution in [-0.2, 0) is 41.2 Å². The number of amides is 1. The summed E-state index contributed by atoms with van der Waals surface area (Å²) >= 11 is 4.96. The first-order valence-corrected chi connectivity index (χ1v) is 18.0. The van der Waals surface area contributed by atoms with Gasteiger partial charge in [0.15, 0.2) is 11.2 Å². The van der Waals surface area contributed by atoms with Crippen molar-refractivity contribution in [2.45, 2.75) is 44.3 Å². The van der Waals surface area contributed by atoms with E-state index >= 15 is 0 Å². The number of aromatic amines is 1. The van der Waals surface area contributed by atoms with E-state index in [1.54, 1.807) is 32.6 Å². The Morgan fingerprint density at radius 3 is 2.18 bits per heavy atom. The van der Waals surface area contributed by atoms with Gasteiger partial charge in [0, 0.05) is 12.3 Å². The minimum absolute atomic E-state index is 0.0195. The van der Waals surface area contributed by atoms with Crippen LogP contribution in [0.2, 0.25) is 0 Å². The Morgan fingerprint density at radius 2 is 1.62 bits per heavy atom. The van der Waals surface area contributed by atoms with Crippen LogP contribution in [0.4, 0.5) is 5.95 Å². The third-order valence-electron chi connectivity index (χ3n) is 8.55. The van der Waals surface area contributed by atoms with E-state index in [1.165, 1.54) is 6.33 Å². The number of rotatable bonds is 13. The van der Waals surface area contributed by atoms with Crippen LogP contribution in [-0.4, -0.2) is 58.5 Å². The molecule has 15 heteroatoms. The van der Waals surface area contributed by atoms with Gasteiger partial charge < -0.3 is 31.2 Å². The van der Waals surface area contributed by atoms with Crippen molar-refractivity contribution in [2.24, 2.45) is 5.92 Å². The number of H-pyrrole nitrogens is 1. The number of aromatic nitrogens is 4. The maximum atomic E-state index is 12.9. The number of imidazole rings is 1. The number of nitrogens with zero attached hydrogens (tertiary/aromatic N) is 3. The van der Waals surface area contributed by atoms with Gasteiger partial charge in [-0.1, -0.05) is 73.0 Å². The van der Waals surface area contributed by atoms with Gasteiger partial charge in [-0.15, -0.1) is 0 Å². The molecule has 1 amide bonds. The first kappa shape index (κ1) is 35.2. The Balaban J connectivity index is 1.38. The van der Waals surface area contributed by atoms with Gasteiger partial charge in [0.05, 0.1) is 27.2 Å².